The lowest BCUT2D eigenvalue weighted by Gasteiger charge is -2.47. The topological polar surface area (TPSA) is 47.3 Å². The molecule has 2 fully saturated rings. The highest BCUT2D eigenvalue weighted by Gasteiger charge is 2.42. The van der Waals surface area contributed by atoms with E-state index >= 15 is 0 Å². The molecule has 1 aliphatic heterocycles. The fourth-order valence-corrected chi connectivity index (χ4v) is 2.97. The van der Waals surface area contributed by atoms with Crippen LogP contribution < -0.4 is 5.32 Å². The molecule has 1 atom stereocenters. The number of hydrogen-bond acceptors (Lipinski definition) is 4. The van der Waals surface area contributed by atoms with E-state index in [2.05, 4.69) is 10.3 Å². The van der Waals surface area contributed by atoms with Gasteiger partial charge in [0.25, 0.3) is 0 Å². The third-order valence-corrected chi connectivity index (χ3v) is 4.37. The summed E-state index contributed by atoms with van der Waals surface area (Å²) in [6, 6.07) is 0.548. The second-order valence-corrected chi connectivity index (χ2v) is 5.70. The summed E-state index contributed by atoms with van der Waals surface area (Å²) in [5.74, 6) is 1.73. The Kier molecular flexibility index (Phi) is 3.16. The number of hydrogen-bond donors (Lipinski definition) is 1. The number of oxazole rings is 1. The minimum atomic E-state index is 0.207. The van der Waals surface area contributed by atoms with Crippen molar-refractivity contribution in [2.75, 3.05) is 6.61 Å². The van der Waals surface area contributed by atoms with Crippen molar-refractivity contribution in [3.63, 3.8) is 0 Å². The first kappa shape index (κ1) is 12.2. The highest BCUT2D eigenvalue weighted by atomic mass is 16.5. The van der Waals surface area contributed by atoms with Gasteiger partial charge in [-0.2, -0.15) is 0 Å². The van der Waals surface area contributed by atoms with Crippen molar-refractivity contribution in [2.24, 2.45) is 0 Å². The van der Waals surface area contributed by atoms with E-state index in [4.69, 9.17) is 9.15 Å². The molecule has 18 heavy (non-hydrogen) atoms. The zero-order valence-corrected chi connectivity index (χ0v) is 11.3. The lowest BCUT2D eigenvalue weighted by Crippen LogP contribution is -2.50. The molecular weight excluding hydrogens is 228 g/mol. The van der Waals surface area contributed by atoms with Crippen molar-refractivity contribution >= 4 is 0 Å². The number of aryl methyl sites for hydroxylation is 2. The van der Waals surface area contributed by atoms with Gasteiger partial charge in [0.05, 0.1) is 17.8 Å². The van der Waals surface area contributed by atoms with Crippen molar-refractivity contribution in [1.29, 1.82) is 0 Å². The summed E-state index contributed by atoms with van der Waals surface area (Å²) in [7, 11) is 0. The maximum atomic E-state index is 5.93. The molecule has 1 saturated heterocycles. The lowest BCUT2D eigenvalue weighted by molar-refractivity contribution is -0.135. The van der Waals surface area contributed by atoms with E-state index in [1.807, 2.05) is 13.8 Å². The molecule has 1 aromatic heterocycles. The maximum absolute atomic E-state index is 5.93. The fraction of sp³-hybridized carbons (Fsp3) is 0.786. The lowest BCUT2D eigenvalue weighted by atomic mass is 9.74. The van der Waals surface area contributed by atoms with Gasteiger partial charge in [0.1, 0.15) is 5.76 Å². The number of rotatable bonds is 3. The molecule has 0 amide bonds. The van der Waals surface area contributed by atoms with Gasteiger partial charge in [-0.05, 0) is 46.0 Å². The second kappa shape index (κ2) is 4.67. The van der Waals surface area contributed by atoms with Crippen LogP contribution in [-0.2, 0) is 11.3 Å². The minimum Gasteiger partial charge on any atom is -0.444 e. The summed E-state index contributed by atoms with van der Waals surface area (Å²) < 4.78 is 11.5. The zero-order valence-electron chi connectivity index (χ0n) is 11.3. The summed E-state index contributed by atoms with van der Waals surface area (Å²) in [6.07, 6.45) is 6.04. The Balaban J connectivity index is 1.53. The molecule has 1 unspecified atom stereocenters. The average molecular weight is 250 g/mol. The molecule has 4 heteroatoms. The quantitative estimate of drug-likeness (QED) is 0.895. The van der Waals surface area contributed by atoms with E-state index in [1.165, 1.54) is 19.3 Å². The molecule has 2 heterocycles. The molecule has 2 aliphatic rings. The maximum Gasteiger partial charge on any atom is 0.208 e. The van der Waals surface area contributed by atoms with Crippen LogP contribution in [-0.4, -0.2) is 23.2 Å². The molecule has 100 valence electrons. The van der Waals surface area contributed by atoms with Crippen LogP contribution >= 0.6 is 0 Å². The molecule has 1 spiro atoms. The van der Waals surface area contributed by atoms with Crippen LogP contribution in [0.3, 0.4) is 0 Å². The van der Waals surface area contributed by atoms with Gasteiger partial charge in [-0.15, -0.1) is 0 Å². The fourth-order valence-electron chi connectivity index (χ4n) is 2.97. The van der Waals surface area contributed by atoms with Crippen LogP contribution in [0.4, 0.5) is 0 Å². The van der Waals surface area contributed by atoms with Crippen LogP contribution in [0.2, 0.25) is 0 Å². The zero-order chi connectivity index (χ0) is 12.6. The van der Waals surface area contributed by atoms with Crippen molar-refractivity contribution in [3.8, 4) is 0 Å². The molecule has 1 aromatic rings. The number of nitrogens with one attached hydrogen (secondary N) is 1. The number of nitrogens with zero attached hydrogens (tertiary/aromatic N) is 1. The van der Waals surface area contributed by atoms with Gasteiger partial charge in [0.15, 0.2) is 0 Å². The van der Waals surface area contributed by atoms with E-state index in [-0.39, 0.29) is 5.60 Å². The minimum absolute atomic E-state index is 0.207. The van der Waals surface area contributed by atoms with E-state index in [0.717, 1.165) is 43.3 Å². The highest BCUT2D eigenvalue weighted by molar-refractivity contribution is 5.05. The van der Waals surface area contributed by atoms with Crippen molar-refractivity contribution < 1.29 is 9.15 Å². The smallest absolute Gasteiger partial charge is 0.208 e. The summed E-state index contributed by atoms with van der Waals surface area (Å²) in [4.78, 5) is 4.40. The van der Waals surface area contributed by atoms with E-state index in [1.54, 1.807) is 0 Å². The standard InChI is InChI=1S/C14H22N2O2/c1-10-11(2)18-13(16-10)9-15-12-4-7-17-14(8-12)5-3-6-14/h12,15H,3-9H2,1-2H3. The summed E-state index contributed by atoms with van der Waals surface area (Å²) in [5, 5.41) is 3.57. The van der Waals surface area contributed by atoms with Crippen LogP contribution in [0.1, 0.15) is 49.4 Å². The summed E-state index contributed by atoms with van der Waals surface area (Å²) in [6.45, 7) is 5.57. The second-order valence-electron chi connectivity index (χ2n) is 5.70. The summed E-state index contributed by atoms with van der Waals surface area (Å²) in [5.41, 5.74) is 1.20. The Morgan fingerprint density at radius 1 is 1.39 bits per heavy atom. The Morgan fingerprint density at radius 3 is 2.83 bits per heavy atom. The van der Waals surface area contributed by atoms with Gasteiger partial charge in [-0.1, -0.05) is 0 Å². The molecule has 1 saturated carbocycles. The van der Waals surface area contributed by atoms with Gasteiger partial charge in [-0.25, -0.2) is 4.98 Å². The predicted octanol–water partition coefficient (Wildman–Crippen LogP) is 2.48. The van der Waals surface area contributed by atoms with Crippen LogP contribution in [0, 0.1) is 13.8 Å². The first-order chi connectivity index (χ1) is 8.67. The van der Waals surface area contributed by atoms with Crippen molar-refractivity contribution in [1.82, 2.24) is 10.3 Å². The van der Waals surface area contributed by atoms with Gasteiger partial charge in [-0.3, -0.25) is 0 Å². The van der Waals surface area contributed by atoms with Gasteiger partial charge < -0.3 is 14.5 Å². The molecule has 0 radical (unpaired) electrons. The van der Waals surface area contributed by atoms with Crippen molar-refractivity contribution in [3.05, 3.63) is 17.3 Å². The Bertz CT molecular complexity index is 404. The normalized spacial score (nSPS) is 26.2. The molecule has 1 N–H and O–H groups in total. The third kappa shape index (κ3) is 2.31. The van der Waals surface area contributed by atoms with Crippen LogP contribution in [0.5, 0.6) is 0 Å². The van der Waals surface area contributed by atoms with Crippen LogP contribution in [0.15, 0.2) is 4.42 Å². The van der Waals surface area contributed by atoms with E-state index in [9.17, 15) is 0 Å². The molecule has 4 nitrogen and oxygen atoms in total. The largest absolute Gasteiger partial charge is 0.444 e. The monoisotopic (exact) mass is 250 g/mol. The summed E-state index contributed by atoms with van der Waals surface area (Å²) >= 11 is 0. The first-order valence-electron chi connectivity index (χ1n) is 6.97. The van der Waals surface area contributed by atoms with E-state index in [0.29, 0.717) is 6.04 Å². The Morgan fingerprint density at radius 2 is 2.22 bits per heavy atom. The van der Waals surface area contributed by atoms with Crippen molar-refractivity contribution in [2.45, 2.75) is 64.1 Å². The number of ether oxygens (including phenoxy) is 1. The van der Waals surface area contributed by atoms with Gasteiger partial charge in [0.2, 0.25) is 5.89 Å². The first-order valence-corrected chi connectivity index (χ1v) is 6.97. The van der Waals surface area contributed by atoms with Gasteiger partial charge >= 0.3 is 0 Å². The third-order valence-electron chi connectivity index (χ3n) is 4.37. The molecular formula is C14H22N2O2. The SMILES string of the molecule is Cc1nc(CNC2CCOC3(CCC3)C2)oc1C. The average Bonchev–Trinajstić information content (AvgIpc) is 2.65. The highest BCUT2D eigenvalue weighted by Crippen LogP contribution is 2.42. The van der Waals surface area contributed by atoms with Gasteiger partial charge in [0, 0.05) is 12.6 Å². The molecule has 3 rings (SSSR count). The molecule has 0 bridgehead atoms. The molecule has 1 aliphatic carbocycles. The predicted molar refractivity (Wildman–Crippen MR) is 68.4 cm³/mol. The molecule has 0 aromatic carbocycles. The number of aromatic nitrogens is 1. The Labute approximate surface area is 108 Å². The van der Waals surface area contributed by atoms with Crippen LogP contribution in [0.25, 0.3) is 0 Å². The van der Waals surface area contributed by atoms with E-state index < -0.39 is 0 Å². The Hall–Kier alpha value is -0.870.